The van der Waals surface area contributed by atoms with Gasteiger partial charge in [0.1, 0.15) is 29.6 Å². The molecule has 3 aliphatic rings. The summed E-state index contributed by atoms with van der Waals surface area (Å²) < 4.78 is 13.5. The first-order valence-electron chi connectivity index (χ1n) is 12.0. The molecule has 0 radical (unpaired) electrons. The van der Waals surface area contributed by atoms with Crippen molar-refractivity contribution < 1.29 is 4.39 Å². The first-order valence-corrected chi connectivity index (χ1v) is 12.0. The normalized spacial score (nSPS) is 23.2. The van der Waals surface area contributed by atoms with Crippen molar-refractivity contribution in [1.82, 2.24) is 19.9 Å². The second kappa shape index (κ2) is 8.38. The zero-order valence-corrected chi connectivity index (χ0v) is 19.5. The number of nitrogens with zero attached hydrogens (tertiary/aromatic N) is 6. The van der Waals surface area contributed by atoms with E-state index in [4.69, 9.17) is 9.97 Å². The Morgan fingerprint density at radius 3 is 2.50 bits per heavy atom. The number of aromatic nitrogens is 4. The second-order valence-electron chi connectivity index (χ2n) is 9.52. The molecule has 0 unspecified atom stereocenters. The van der Waals surface area contributed by atoms with Crippen LogP contribution in [0.1, 0.15) is 24.1 Å². The standard InChI is InChI=1S/C25H29FN8/c1-15-11-21(29-14-28-15)33-12-16-3-4-17(13-33)22(16)30-25-31-23(27-2)20-9-10-34(24(20)32-25)19-7-5-18(26)6-8-19/h5-8,11,14,16-17,22H,3-4,9-10,12-13H2,1-2H3,(H2,27,30,31,32)/t16-,17+,22+. The molecule has 3 aromatic rings. The summed E-state index contributed by atoms with van der Waals surface area (Å²) in [5, 5.41) is 6.96. The highest BCUT2D eigenvalue weighted by atomic mass is 19.1. The Balaban J connectivity index is 1.25. The molecule has 9 heteroatoms. The quantitative estimate of drug-likeness (QED) is 0.595. The molecule has 2 N–H and O–H groups in total. The summed E-state index contributed by atoms with van der Waals surface area (Å²) in [7, 11) is 1.90. The molecule has 2 aliphatic heterocycles. The van der Waals surface area contributed by atoms with Gasteiger partial charge in [-0.25, -0.2) is 14.4 Å². The van der Waals surface area contributed by atoms with Crippen molar-refractivity contribution in [2.75, 3.05) is 47.1 Å². The summed E-state index contributed by atoms with van der Waals surface area (Å²) in [6.07, 6.45) is 4.88. The Morgan fingerprint density at radius 2 is 1.79 bits per heavy atom. The highest BCUT2D eigenvalue weighted by molar-refractivity contribution is 5.72. The average Bonchev–Trinajstić information content (AvgIpc) is 3.35. The fraction of sp³-hybridized carbons (Fsp3) is 0.440. The fourth-order valence-corrected chi connectivity index (χ4v) is 5.81. The van der Waals surface area contributed by atoms with Crippen LogP contribution in [0.5, 0.6) is 0 Å². The number of rotatable bonds is 5. The van der Waals surface area contributed by atoms with Crippen LogP contribution in [0, 0.1) is 24.6 Å². The minimum absolute atomic E-state index is 0.233. The lowest BCUT2D eigenvalue weighted by atomic mass is 9.92. The van der Waals surface area contributed by atoms with Crippen molar-refractivity contribution in [2.24, 2.45) is 11.8 Å². The van der Waals surface area contributed by atoms with Gasteiger partial charge in [0.25, 0.3) is 0 Å². The van der Waals surface area contributed by atoms with Crippen molar-refractivity contribution in [3.8, 4) is 0 Å². The van der Waals surface area contributed by atoms with Crippen molar-refractivity contribution in [3.63, 3.8) is 0 Å². The zero-order valence-electron chi connectivity index (χ0n) is 19.5. The van der Waals surface area contributed by atoms with Gasteiger partial charge in [-0.2, -0.15) is 9.97 Å². The third kappa shape index (κ3) is 3.69. The smallest absolute Gasteiger partial charge is 0.226 e. The van der Waals surface area contributed by atoms with Crippen LogP contribution >= 0.6 is 0 Å². The van der Waals surface area contributed by atoms with E-state index < -0.39 is 0 Å². The molecule has 0 spiro atoms. The van der Waals surface area contributed by atoms with Gasteiger partial charge in [-0.15, -0.1) is 0 Å². The number of hydrogen-bond donors (Lipinski definition) is 2. The first kappa shape index (κ1) is 21.1. The lowest BCUT2D eigenvalue weighted by molar-refractivity contribution is 0.375. The third-order valence-electron chi connectivity index (χ3n) is 7.44. The number of halogens is 1. The Hall–Kier alpha value is -3.49. The van der Waals surface area contributed by atoms with E-state index in [1.54, 1.807) is 6.33 Å². The summed E-state index contributed by atoms with van der Waals surface area (Å²) in [5.74, 6) is 4.22. The average molecular weight is 461 g/mol. The number of fused-ring (bicyclic) bond motifs is 3. The predicted octanol–water partition coefficient (Wildman–Crippen LogP) is 3.78. The Morgan fingerprint density at radius 1 is 1.03 bits per heavy atom. The summed E-state index contributed by atoms with van der Waals surface area (Å²) in [6.45, 7) is 4.75. The van der Waals surface area contributed by atoms with E-state index >= 15 is 0 Å². The lowest BCUT2D eigenvalue weighted by Crippen LogP contribution is -2.48. The number of nitrogens with one attached hydrogen (secondary N) is 2. The van der Waals surface area contributed by atoms with Crippen molar-refractivity contribution >= 4 is 29.1 Å². The highest BCUT2D eigenvalue weighted by Gasteiger charge is 2.43. The van der Waals surface area contributed by atoms with E-state index in [2.05, 4.69) is 36.5 Å². The van der Waals surface area contributed by atoms with Gasteiger partial charge in [-0.05, 0) is 62.3 Å². The molecule has 2 bridgehead atoms. The van der Waals surface area contributed by atoms with E-state index in [-0.39, 0.29) is 5.82 Å². The number of benzene rings is 1. The van der Waals surface area contributed by atoms with E-state index in [0.717, 1.165) is 60.5 Å². The van der Waals surface area contributed by atoms with Crippen LogP contribution in [-0.4, -0.2) is 52.7 Å². The van der Waals surface area contributed by atoms with Gasteiger partial charge in [0.15, 0.2) is 0 Å². The predicted molar refractivity (Wildman–Crippen MR) is 131 cm³/mol. The van der Waals surface area contributed by atoms with Crippen LogP contribution in [-0.2, 0) is 6.42 Å². The number of piperidine rings is 1. The summed E-state index contributed by atoms with van der Waals surface area (Å²) in [4.78, 5) is 23.1. The number of hydrogen-bond acceptors (Lipinski definition) is 8. The van der Waals surface area contributed by atoms with Crippen molar-refractivity contribution in [1.29, 1.82) is 0 Å². The van der Waals surface area contributed by atoms with Gasteiger partial charge in [-0.1, -0.05) is 0 Å². The molecule has 34 heavy (non-hydrogen) atoms. The molecular weight excluding hydrogens is 431 g/mol. The molecule has 1 saturated carbocycles. The van der Waals surface area contributed by atoms with Crippen LogP contribution < -0.4 is 20.4 Å². The summed E-state index contributed by atoms with van der Waals surface area (Å²) in [5.41, 5.74) is 3.05. The SMILES string of the molecule is CNc1nc(N[C@H]2[C@@H]3CC[C@H]2CN(c2cc(C)ncn2)C3)nc2c1CCN2c1ccc(F)cc1. The topological polar surface area (TPSA) is 82.1 Å². The molecule has 1 aromatic carbocycles. The van der Waals surface area contributed by atoms with Crippen molar-refractivity contribution in [2.45, 2.75) is 32.2 Å². The van der Waals surface area contributed by atoms with E-state index in [1.165, 1.54) is 25.0 Å². The van der Waals surface area contributed by atoms with Crippen LogP contribution in [0.15, 0.2) is 36.7 Å². The zero-order chi connectivity index (χ0) is 23.2. The Bertz CT molecular complexity index is 1190. The Kier molecular flexibility index (Phi) is 5.19. The first-order chi connectivity index (χ1) is 16.6. The molecule has 2 aromatic heterocycles. The number of aryl methyl sites for hydroxylation is 1. The van der Waals surface area contributed by atoms with E-state index in [0.29, 0.717) is 23.8 Å². The second-order valence-corrected chi connectivity index (χ2v) is 9.52. The lowest BCUT2D eigenvalue weighted by Gasteiger charge is -2.39. The third-order valence-corrected chi connectivity index (χ3v) is 7.44. The van der Waals surface area contributed by atoms with E-state index in [9.17, 15) is 4.39 Å². The molecule has 3 atom stereocenters. The maximum atomic E-state index is 13.5. The maximum absolute atomic E-state index is 13.5. The largest absolute Gasteiger partial charge is 0.373 e. The fourth-order valence-electron chi connectivity index (χ4n) is 5.81. The summed E-state index contributed by atoms with van der Waals surface area (Å²) in [6, 6.07) is 9.02. The van der Waals surface area contributed by atoms with Crippen LogP contribution in [0.4, 0.5) is 33.5 Å². The monoisotopic (exact) mass is 460 g/mol. The van der Waals surface area contributed by atoms with Crippen LogP contribution in [0.25, 0.3) is 0 Å². The summed E-state index contributed by atoms with van der Waals surface area (Å²) >= 11 is 0. The highest BCUT2D eigenvalue weighted by Crippen LogP contribution is 2.41. The van der Waals surface area contributed by atoms with Gasteiger partial charge >= 0.3 is 0 Å². The molecule has 6 rings (SSSR count). The molecule has 1 saturated heterocycles. The molecule has 0 amide bonds. The molecule has 4 heterocycles. The van der Waals surface area contributed by atoms with Gasteiger partial charge in [-0.3, -0.25) is 0 Å². The minimum atomic E-state index is -0.233. The Labute approximate surface area is 198 Å². The number of anilines is 5. The minimum Gasteiger partial charge on any atom is -0.373 e. The van der Waals surface area contributed by atoms with E-state index in [1.807, 2.05) is 26.1 Å². The molecular formula is C25H29FN8. The van der Waals surface area contributed by atoms with Gasteiger partial charge in [0.05, 0.1) is 0 Å². The van der Waals surface area contributed by atoms with Crippen LogP contribution in [0.3, 0.4) is 0 Å². The van der Waals surface area contributed by atoms with Gasteiger partial charge in [0.2, 0.25) is 5.95 Å². The molecule has 2 fully saturated rings. The van der Waals surface area contributed by atoms with Crippen LogP contribution in [0.2, 0.25) is 0 Å². The molecule has 1 aliphatic carbocycles. The van der Waals surface area contributed by atoms with Gasteiger partial charge in [0, 0.05) is 55.7 Å². The van der Waals surface area contributed by atoms with Gasteiger partial charge < -0.3 is 20.4 Å². The maximum Gasteiger partial charge on any atom is 0.226 e. The molecule has 176 valence electrons. The molecule has 8 nitrogen and oxygen atoms in total. The van der Waals surface area contributed by atoms with Crippen molar-refractivity contribution in [3.05, 3.63) is 53.7 Å².